The average molecular weight is 141 g/mol. The molecule has 0 heterocycles. The Bertz CT molecular complexity index is 163. The summed E-state index contributed by atoms with van der Waals surface area (Å²) in [5.74, 6) is 0.662. The lowest BCUT2D eigenvalue weighted by molar-refractivity contribution is -0.126. The summed E-state index contributed by atoms with van der Waals surface area (Å²) < 4.78 is 0. The molecule has 0 aromatic heterocycles. The van der Waals surface area contributed by atoms with Crippen molar-refractivity contribution in [2.45, 2.75) is 33.2 Å². The minimum absolute atomic E-state index is 0.181. The van der Waals surface area contributed by atoms with E-state index in [0.29, 0.717) is 5.92 Å². The van der Waals surface area contributed by atoms with Crippen LogP contribution in [0.25, 0.3) is 0 Å². The van der Waals surface area contributed by atoms with E-state index in [2.05, 4.69) is 6.92 Å². The van der Waals surface area contributed by atoms with Crippen LogP contribution in [0.15, 0.2) is 0 Å². The van der Waals surface area contributed by atoms with Crippen molar-refractivity contribution in [3.8, 4) is 0 Å². The fourth-order valence-electron chi connectivity index (χ4n) is 1.50. The third-order valence-electron chi connectivity index (χ3n) is 2.81. The van der Waals surface area contributed by atoms with Crippen molar-refractivity contribution in [3.05, 3.63) is 0 Å². The predicted molar refractivity (Wildman–Crippen MR) is 40.5 cm³/mol. The first-order chi connectivity index (χ1) is 4.46. The van der Waals surface area contributed by atoms with Gasteiger partial charge in [-0.2, -0.15) is 0 Å². The minimum Gasteiger partial charge on any atom is -0.321 e. The summed E-state index contributed by atoms with van der Waals surface area (Å²) in [7, 11) is 0. The predicted octanol–water partition coefficient (Wildman–Crippen LogP) is 0.949. The van der Waals surface area contributed by atoms with Crippen LogP contribution in [0, 0.1) is 11.3 Å². The summed E-state index contributed by atoms with van der Waals surface area (Å²) in [6, 6.07) is -0.204. The first kappa shape index (κ1) is 7.73. The lowest BCUT2D eigenvalue weighted by atomic mass is 9.82. The molecule has 1 aliphatic rings. The minimum atomic E-state index is -0.204. The second kappa shape index (κ2) is 2.06. The zero-order chi connectivity index (χ0) is 7.94. The number of nitrogens with two attached hydrogens (primary N) is 1. The van der Waals surface area contributed by atoms with Gasteiger partial charge in [0, 0.05) is 5.41 Å². The molecule has 0 radical (unpaired) electrons. The molecule has 0 spiro atoms. The van der Waals surface area contributed by atoms with E-state index in [1.807, 2.05) is 13.8 Å². The van der Waals surface area contributed by atoms with Crippen LogP contribution in [-0.2, 0) is 4.79 Å². The van der Waals surface area contributed by atoms with Crippen molar-refractivity contribution in [3.63, 3.8) is 0 Å². The van der Waals surface area contributed by atoms with Crippen molar-refractivity contribution >= 4 is 5.78 Å². The zero-order valence-electron chi connectivity index (χ0n) is 6.85. The number of hydrogen-bond acceptors (Lipinski definition) is 2. The molecule has 2 N–H and O–H groups in total. The Kier molecular flexibility index (Phi) is 1.59. The maximum atomic E-state index is 11.3. The Morgan fingerprint density at radius 3 is 2.20 bits per heavy atom. The topological polar surface area (TPSA) is 43.1 Å². The molecule has 1 aliphatic carbocycles. The smallest absolute Gasteiger partial charge is 0.155 e. The first-order valence-electron chi connectivity index (χ1n) is 3.76. The van der Waals surface area contributed by atoms with Crippen molar-refractivity contribution in [2.24, 2.45) is 17.1 Å². The van der Waals surface area contributed by atoms with Crippen LogP contribution in [0.4, 0.5) is 0 Å². The summed E-state index contributed by atoms with van der Waals surface area (Å²) in [5, 5.41) is 0. The van der Waals surface area contributed by atoms with Gasteiger partial charge in [-0.1, -0.05) is 20.8 Å². The third-order valence-corrected chi connectivity index (χ3v) is 2.81. The maximum absolute atomic E-state index is 11.3. The number of ketones is 1. The van der Waals surface area contributed by atoms with E-state index in [1.165, 1.54) is 0 Å². The Labute approximate surface area is 61.8 Å². The van der Waals surface area contributed by atoms with Gasteiger partial charge in [-0.15, -0.1) is 0 Å². The summed E-state index contributed by atoms with van der Waals surface area (Å²) >= 11 is 0. The number of rotatable bonds is 0. The highest BCUT2D eigenvalue weighted by Gasteiger charge is 2.44. The van der Waals surface area contributed by atoms with Crippen LogP contribution in [0.5, 0.6) is 0 Å². The molecule has 2 atom stereocenters. The summed E-state index contributed by atoms with van der Waals surface area (Å²) in [6.07, 6.45) is 0.853. The van der Waals surface area contributed by atoms with Crippen LogP contribution in [-0.4, -0.2) is 11.8 Å². The molecule has 0 bridgehead atoms. The van der Waals surface area contributed by atoms with Crippen molar-refractivity contribution in [1.29, 1.82) is 0 Å². The summed E-state index contributed by atoms with van der Waals surface area (Å²) in [4.78, 5) is 11.3. The van der Waals surface area contributed by atoms with Gasteiger partial charge < -0.3 is 5.73 Å². The van der Waals surface area contributed by atoms with E-state index in [9.17, 15) is 4.79 Å². The van der Waals surface area contributed by atoms with E-state index in [-0.39, 0.29) is 17.2 Å². The molecule has 2 heteroatoms. The Morgan fingerprint density at radius 2 is 2.10 bits per heavy atom. The van der Waals surface area contributed by atoms with Crippen LogP contribution in [0.3, 0.4) is 0 Å². The molecule has 1 rings (SSSR count). The zero-order valence-corrected chi connectivity index (χ0v) is 6.85. The standard InChI is InChI=1S/C8H15NO/c1-5-4-6(9)7(10)8(5,2)3/h5-6H,4,9H2,1-3H3. The van der Waals surface area contributed by atoms with E-state index in [0.717, 1.165) is 6.42 Å². The monoisotopic (exact) mass is 141 g/mol. The molecule has 0 saturated heterocycles. The quantitative estimate of drug-likeness (QED) is 0.545. The third kappa shape index (κ3) is 0.870. The van der Waals surface area contributed by atoms with Crippen LogP contribution in [0.1, 0.15) is 27.2 Å². The number of carbonyl (C=O) groups is 1. The van der Waals surface area contributed by atoms with Gasteiger partial charge in [0.15, 0.2) is 5.78 Å². The summed E-state index contributed by atoms with van der Waals surface area (Å²) in [6.45, 7) is 6.05. The van der Waals surface area contributed by atoms with E-state index in [4.69, 9.17) is 5.73 Å². The Balaban J connectivity index is 2.85. The normalized spacial score (nSPS) is 38.6. The molecule has 0 aliphatic heterocycles. The first-order valence-corrected chi connectivity index (χ1v) is 3.76. The van der Waals surface area contributed by atoms with E-state index >= 15 is 0 Å². The number of Topliss-reactive ketones (excluding diaryl/α,β-unsaturated/α-hetero) is 1. The molecule has 58 valence electrons. The van der Waals surface area contributed by atoms with Crippen molar-refractivity contribution < 1.29 is 4.79 Å². The van der Waals surface area contributed by atoms with Crippen molar-refractivity contribution in [2.75, 3.05) is 0 Å². The number of carbonyl (C=O) groups excluding carboxylic acids is 1. The average Bonchev–Trinajstić information content (AvgIpc) is 1.97. The number of hydrogen-bond donors (Lipinski definition) is 1. The largest absolute Gasteiger partial charge is 0.321 e. The van der Waals surface area contributed by atoms with Crippen LogP contribution < -0.4 is 5.73 Å². The fraction of sp³-hybridized carbons (Fsp3) is 0.875. The molecule has 2 unspecified atom stereocenters. The molecule has 0 aromatic rings. The highest BCUT2D eigenvalue weighted by atomic mass is 16.1. The molecular weight excluding hydrogens is 126 g/mol. The van der Waals surface area contributed by atoms with Gasteiger partial charge in [-0.05, 0) is 12.3 Å². The molecule has 0 aromatic carbocycles. The second-order valence-corrected chi connectivity index (χ2v) is 3.83. The fourth-order valence-corrected chi connectivity index (χ4v) is 1.50. The molecule has 2 nitrogen and oxygen atoms in total. The summed E-state index contributed by atoms with van der Waals surface area (Å²) in [5.41, 5.74) is 5.41. The van der Waals surface area contributed by atoms with Gasteiger partial charge in [0.05, 0.1) is 6.04 Å². The van der Waals surface area contributed by atoms with E-state index in [1.54, 1.807) is 0 Å². The van der Waals surface area contributed by atoms with Gasteiger partial charge >= 0.3 is 0 Å². The lowest BCUT2D eigenvalue weighted by Gasteiger charge is -2.20. The lowest BCUT2D eigenvalue weighted by Crippen LogP contribution is -2.32. The molecule has 1 saturated carbocycles. The molecule has 1 fully saturated rings. The Hall–Kier alpha value is -0.370. The van der Waals surface area contributed by atoms with Gasteiger partial charge in [0.1, 0.15) is 0 Å². The Morgan fingerprint density at radius 1 is 1.60 bits per heavy atom. The van der Waals surface area contributed by atoms with Crippen molar-refractivity contribution in [1.82, 2.24) is 0 Å². The van der Waals surface area contributed by atoms with Crippen LogP contribution >= 0.6 is 0 Å². The molecular formula is C8H15NO. The molecule has 0 amide bonds. The highest BCUT2D eigenvalue weighted by molar-refractivity contribution is 5.91. The maximum Gasteiger partial charge on any atom is 0.155 e. The SMILES string of the molecule is CC1CC(N)C(=O)C1(C)C. The second-order valence-electron chi connectivity index (χ2n) is 3.83. The van der Waals surface area contributed by atoms with Gasteiger partial charge in [-0.25, -0.2) is 0 Å². The van der Waals surface area contributed by atoms with E-state index < -0.39 is 0 Å². The van der Waals surface area contributed by atoms with Gasteiger partial charge in [0.25, 0.3) is 0 Å². The van der Waals surface area contributed by atoms with Crippen LogP contribution in [0.2, 0.25) is 0 Å². The van der Waals surface area contributed by atoms with Gasteiger partial charge in [-0.3, -0.25) is 4.79 Å². The molecule has 10 heavy (non-hydrogen) atoms. The van der Waals surface area contributed by atoms with Gasteiger partial charge in [0.2, 0.25) is 0 Å². The highest BCUT2D eigenvalue weighted by Crippen LogP contribution is 2.38.